The van der Waals surface area contributed by atoms with Gasteiger partial charge in [-0.3, -0.25) is 0 Å². The Bertz CT molecular complexity index is 373. The van der Waals surface area contributed by atoms with E-state index in [9.17, 15) is 4.79 Å². The summed E-state index contributed by atoms with van der Waals surface area (Å²) in [5.74, 6) is 0.348. The van der Waals surface area contributed by atoms with Crippen LogP contribution in [0.15, 0.2) is 30.3 Å². The molecule has 0 radical (unpaired) electrons. The van der Waals surface area contributed by atoms with Crippen molar-refractivity contribution in [2.75, 3.05) is 18.6 Å². The minimum absolute atomic E-state index is 0.113. The number of ether oxygens (including phenoxy) is 1. The Morgan fingerprint density at radius 3 is 2.53 bits per heavy atom. The van der Waals surface area contributed by atoms with Crippen molar-refractivity contribution >= 4 is 11.7 Å². The van der Waals surface area contributed by atoms with Crippen molar-refractivity contribution in [1.29, 1.82) is 0 Å². The molecule has 0 aliphatic heterocycles. The molecule has 0 saturated heterocycles. The molecule has 0 spiro atoms. The number of methoxy groups -OCH3 is 1. The van der Waals surface area contributed by atoms with Gasteiger partial charge in [-0.05, 0) is 37.8 Å². The highest BCUT2D eigenvalue weighted by Gasteiger charge is 2.40. The highest BCUT2D eigenvalue weighted by Crippen LogP contribution is 2.37. The fourth-order valence-electron chi connectivity index (χ4n) is 2.27. The zero-order chi connectivity index (χ0) is 12.3. The molecule has 0 N–H and O–H groups in total. The number of hydrogen-bond acceptors (Lipinski definition) is 3. The third-order valence-electron chi connectivity index (χ3n) is 3.28. The first kappa shape index (κ1) is 12.0. The van der Waals surface area contributed by atoms with Gasteiger partial charge in [-0.25, -0.2) is 4.79 Å². The number of para-hydroxylation sites is 1. The van der Waals surface area contributed by atoms with Crippen molar-refractivity contribution in [2.24, 2.45) is 5.92 Å². The van der Waals surface area contributed by atoms with E-state index >= 15 is 0 Å². The summed E-state index contributed by atoms with van der Waals surface area (Å²) >= 11 is 0. The summed E-state index contributed by atoms with van der Waals surface area (Å²) in [6.45, 7) is 2.89. The number of anilines is 1. The summed E-state index contributed by atoms with van der Waals surface area (Å²) in [6, 6.07) is 9.95. The number of likely N-dealkylation sites (N-methyl/N-ethyl adjacent to an activating group) is 1. The molecule has 1 aromatic carbocycles. The highest BCUT2D eigenvalue weighted by atomic mass is 16.5. The van der Waals surface area contributed by atoms with Crippen molar-refractivity contribution in [3.05, 3.63) is 30.3 Å². The van der Waals surface area contributed by atoms with E-state index in [0.717, 1.165) is 25.1 Å². The van der Waals surface area contributed by atoms with Crippen LogP contribution in [0, 0.1) is 5.92 Å². The quantitative estimate of drug-likeness (QED) is 0.732. The van der Waals surface area contributed by atoms with E-state index in [4.69, 9.17) is 4.74 Å². The molecule has 0 bridgehead atoms. The number of hydrogen-bond donors (Lipinski definition) is 0. The standard InChI is InChI=1S/C14H19NO2/c1-3-15(12-7-5-4-6-8-12)13(11-9-10-11)14(16)17-2/h4-8,11,13H,3,9-10H2,1-2H3/t13-/m1/s1. The molecule has 0 amide bonds. The van der Waals surface area contributed by atoms with Crippen molar-refractivity contribution in [3.8, 4) is 0 Å². The van der Waals surface area contributed by atoms with Crippen LogP contribution in [0.4, 0.5) is 5.69 Å². The van der Waals surface area contributed by atoms with E-state index in [0.29, 0.717) is 5.92 Å². The van der Waals surface area contributed by atoms with E-state index in [1.807, 2.05) is 30.3 Å². The Labute approximate surface area is 102 Å². The number of carbonyl (C=O) groups is 1. The third-order valence-corrected chi connectivity index (χ3v) is 3.28. The fraction of sp³-hybridized carbons (Fsp3) is 0.500. The van der Waals surface area contributed by atoms with Gasteiger partial charge in [-0.2, -0.15) is 0 Å². The van der Waals surface area contributed by atoms with E-state index in [1.54, 1.807) is 0 Å². The summed E-state index contributed by atoms with van der Waals surface area (Å²) < 4.78 is 4.94. The first-order valence-electron chi connectivity index (χ1n) is 6.17. The van der Waals surface area contributed by atoms with Gasteiger partial charge in [0.1, 0.15) is 6.04 Å². The van der Waals surface area contributed by atoms with Crippen LogP contribution in [0.2, 0.25) is 0 Å². The topological polar surface area (TPSA) is 29.5 Å². The Kier molecular flexibility index (Phi) is 3.67. The molecule has 1 aromatic rings. The van der Waals surface area contributed by atoms with Crippen LogP contribution in [-0.4, -0.2) is 25.7 Å². The van der Waals surface area contributed by atoms with Gasteiger partial charge >= 0.3 is 5.97 Å². The minimum atomic E-state index is -0.118. The van der Waals surface area contributed by atoms with Gasteiger partial charge in [0.2, 0.25) is 0 Å². The van der Waals surface area contributed by atoms with Gasteiger partial charge in [0.25, 0.3) is 0 Å². The number of benzene rings is 1. The van der Waals surface area contributed by atoms with Gasteiger partial charge in [0, 0.05) is 12.2 Å². The third kappa shape index (κ3) is 2.60. The largest absolute Gasteiger partial charge is 0.467 e. The lowest BCUT2D eigenvalue weighted by molar-refractivity contribution is -0.142. The Morgan fingerprint density at radius 2 is 2.06 bits per heavy atom. The lowest BCUT2D eigenvalue weighted by Crippen LogP contribution is -2.43. The van der Waals surface area contributed by atoms with Crippen LogP contribution < -0.4 is 4.90 Å². The second kappa shape index (κ2) is 5.21. The van der Waals surface area contributed by atoms with Gasteiger partial charge in [-0.1, -0.05) is 18.2 Å². The molecule has 0 heterocycles. The van der Waals surface area contributed by atoms with Gasteiger partial charge in [0.15, 0.2) is 0 Å². The minimum Gasteiger partial charge on any atom is -0.467 e. The fourth-order valence-corrected chi connectivity index (χ4v) is 2.27. The molecule has 3 heteroatoms. The summed E-state index contributed by atoms with van der Waals surface area (Å²) in [7, 11) is 1.47. The summed E-state index contributed by atoms with van der Waals surface area (Å²) in [5, 5.41) is 0. The maximum absolute atomic E-state index is 11.9. The van der Waals surface area contributed by atoms with Crippen LogP contribution in [0.25, 0.3) is 0 Å². The van der Waals surface area contributed by atoms with Crippen molar-refractivity contribution < 1.29 is 9.53 Å². The molecule has 17 heavy (non-hydrogen) atoms. The van der Waals surface area contributed by atoms with Crippen molar-refractivity contribution in [1.82, 2.24) is 0 Å². The zero-order valence-electron chi connectivity index (χ0n) is 10.4. The lowest BCUT2D eigenvalue weighted by Gasteiger charge is -2.30. The Morgan fingerprint density at radius 1 is 1.41 bits per heavy atom. The molecule has 3 nitrogen and oxygen atoms in total. The number of esters is 1. The smallest absolute Gasteiger partial charge is 0.328 e. The van der Waals surface area contributed by atoms with Crippen LogP contribution in [0.1, 0.15) is 19.8 Å². The highest BCUT2D eigenvalue weighted by molar-refractivity contribution is 5.81. The van der Waals surface area contributed by atoms with E-state index < -0.39 is 0 Å². The van der Waals surface area contributed by atoms with Gasteiger partial charge < -0.3 is 9.64 Å². The van der Waals surface area contributed by atoms with E-state index in [1.165, 1.54) is 7.11 Å². The molecular formula is C14H19NO2. The Hall–Kier alpha value is -1.51. The molecule has 2 rings (SSSR count). The number of rotatable bonds is 5. The predicted molar refractivity (Wildman–Crippen MR) is 68.0 cm³/mol. The molecule has 92 valence electrons. The average Bonchev–Trinajstić information content (AvgIpc) is 3.20. The summed E-state index contributed by atoms with van der Waals surface area (Å²) in [6.07, 6.45) is 2.26. The van der Waals surface area contributed by atoms with Crippen LogP contribution in [0.3, 0.4) is 0 Å². The molecule has 0 unspecified atom stereocenters. The van der Waals surface area contributed by atoms with Crippen LogP contribution in [-0.2, 0) is 9.53 Å². The lowest BCUT2D eigenvalue weighted by atomic mass is 10.1. The maximum Gasteiger partial charge on any atom is 0.328 e. The molecule has 1 saturated carbocycles. The monoisotopic (exact) mass is 233 g/mol. The molecule has 1 fully saturated rings. The van der Waals surface area contributed by atoms with Gasteiger partial charge in [0.05, 0.1) is 7.11 Å². The molecule has 1 aliphatic rings. The second-order valence-corrected chi connectivity index (χ2v) is 4.43. The predicted octanol–water partition coefficient (Wildman–Crippen LogP) is 2.46. The van der Waals surface area contributed by atoms with Crippen molar-refractivity contribution in [2.45, 2.75) is 25.8 Å². The van der Waals surface area contributed by atoms with Crippen LogP contribution >= 0.6 is 0 Å². The summed E-state index contributed by atoms with van der Waals surface area (Å²) in [4.78, 5) is 14.0. The number of nitrogens with zero attached hydrogens (tertiary/aromatic N) is 1. The zero-order valence-corrected chi connectivity index (χ0v) is 10.4. The van der Waals surface area contributed by atoms with E-state index in [2.05, 4.69) is 11.8 Å². The second-order valence-electron chi connectivity index (χ2n) is 4.43. The van der Waals surface area contributed by atoms with Gasteiger partial charge in [-0.15, -0.1) is 0 Å². The average molecular weight is 233 g/mol. The first-order valence-corrected chi connectivity index (χ1v) is 6.17. The first-order chi connectivity index (χ1) is 8.27. The number of carbonyl (C=O) groups excluding carboxylic acids is 1. The SMILES string of the molecule is CCN(c1ccccc1)[C@@H](C(=O)OC)C1CC1. The Balaban J connectivity index is 2.23. The molecule has 1 atom stereocenters. The maximum atomic E-state index is 11.9. The summed E-state index contributed by atoms with van der Waals surface area (Å²) in [5.41, 5.74) is 1.09. The normalized spacial score (nSPS) is 16.4. The molecular weight excluding hydrogens is 214 g/mol. The van der Waals surface area contributed by atoms with E-state index in [-0.39, 0.29) is 12.0 Å². The van der Waals surface area contributed by atoms with Crippen LogP contribution in [0.5, 0.6) is 0 Å². The van der Waals surface area contributed by atoms with Crippen molar-refractivity contribution in [3.63, 3.8) is 0 Å². The molecule has 0 aromatic heterocycles. The molecule has 1 aliphatic carbocycles.